The molecule has 0 saturated carbocycles. The van der Waals surface area contributed by atoms with E-state index in [4.69, 9.17) is 9.47 Å². The van der Waals surface area contributed by atoms with Crippen LogP contribution in [-0.2, 0) is 0 Å². The molecule has 2 N–H and O–H groups in total. The number of urea groups is 1. The van der Waals surface area contributed by atoms with Gasteiger partial charge in [-0.25, -0.2) is 4.79 Å². The lowest BCUT2D eigenvalue weighted by molar-refractivity contribution is 0.102. The number of ether oxygens (including phenoxy) is 2. The summed E-state index contributed by atoms with van der Waals surface area (Å²) in [5.74, 6) is 0.883. The number of benzene rings is 2. The number of anilines is 2. The largest absolute Gasteiger partial charge is 0.493 e. The zero-order valence-electron chi connectivity index (χ0n) is 18.4. The van der Waals surface area contributed by atoms with E-state index in [1.54, 1.807) is 37.3 Å². The van der Waals surface area contributed by atoms with Gasteiger partial charge in [0.25, 0.3) is 5.91 Å². The first-order valence-electron chi connectivity index (χ1n) is 10.5. The predicted octanol–water partition coefficient (Wildman–Crippen LogP) is 4.22. The maximum atomic E-state index is 12.9. The number of hydrogen-bond donors (Lipinski definition) is 2. The van der Waals surface area contributed by atoms with Gasteiger partial charge in [0.2, 0.25) is 5.01 Å². The molecule has 1 fully saturated rings. The SMILES string of the molecule is COc1ccc(NC(=O)N2CCC[C@H](c3nnc(C(=O)Nc4ccccc4)s3)C2)cc1OC. The first-order valence-corrected chi connectivity index (χ1v) is 11.4. The van der Waals surface area contributed by atoms with E-state index in [9.17, 15) is 9.59 Å². The second kappa shape index (κ2) is 10.3. The minimum atomic E-state index is -0.288. The average Bonchev–Trinajstić information content (AvgIpc) is 3.35. The van der Waals surface area contributed by atoms with Gasteiger partial charge in [-0.3, -0.25) is 4.79 Å². The molecule has 1 atom stereocenters. The Hall–Kier alpha value is -3.66. The molecule has 3 amide bonds. The smallest absolute Gasteiger partial charge is 0.321 e. The van der Waals surface area contributed by atoms with Gasteiger partial charge < -0.3 is 25.0 Å². The van der Waals surface area contributed by atoms with E-state index in [0.29, 0.717) is 41.0 Å². The van der Waals surface area contributed by atoms with Gasteiger partial charge in [-0.1, -0.05) is 29.5 Å². The fraction of sp³-hybridized carbons (Fsp3) is 0.304. The van der Waals surface area contributed by atoms with E-state index < -0.39 is 0 Å². The summed E-state index contributed by atoms with van der Waals surface area (Å²) in [5, 5.41) is 15.1. The molecule has 0 radical (unpaired) electrons. The molecule has 10 heteroatoms. The Morgan fingerprint density at radius 1 is 1.00 bits per heavy atom. The third-order valence-electron chi connectivity index (χ3n) is 5.36. The van der Waals surface area contributed by atoms with Crippen molar-refractivity contribution in [3.05, 3.63) is 58.5 Å². The number of likely N-dealkylation sites (tertiary alicyclic amines) is 1. The highest BCUT2D eigenvalue weighted by Crippen LogP contribution is 2.32. The summed E-state index contributed by atoms with van der Waals surface area (Å²) in [6.45, 7) is 1.16. The van der Waals surface area contributed by atoms with Crippen molar-refractivity contribution in [1.29, 1.82) is 0 Å². The Morgan fingerprint density at radius 2 is 1.79 bits per heavy atom. The summed E-state index contributed by atoms with van der Waals surface area (Å²) >= 11 is 1.27. The topological polar surface area (TPSA) is 106 Å². The number of carbonyl (C=O) groups is 2. The summed E-state index contributed by atoms with van der Waals surface area (Å²) in [4.78, 5) is 27.1. The molecular weight excluding hydrogens is 442 g/mol. The van der Waals surface area contributed by atoms with Crippen molar-refractivity contribution in [2.75, 3.05) is 37.9 Å². The summed E-state index contributed by atoms with van der Waals surface area (Å²) in [6, 6.07) is 14.3. The molecule has 172 valence electrons. The third-order valence-corrected chi connectivity index (χ3v) is 6.44. The monoisotopic (exact) mass is 467 g/mol. The number of nitrogens with one attached hydrogen (secondary N) is 2. The van der Waals surface area contributed by atoms with E-state index in [1.165, 1.54) is 11.3 Å². The summed E-state index contributed by atoms with van der Waals surface area (Å²) in [7, 11) is 3.11. The van der Waals surface area contributed by atoms with E-state index >= 15 is 0 Å². The van der Waals surface area contributed by atoms with Crippen LogP contribution in [0.4, 0.5) is 16.2 Å². The van der Waals surface area contributed by atoms with Crippen LogP contribution in [-0.4, -0.2) is 54.3 Å². The number of rotatable bonds is 6. The van der Waals surface area contributed by atoms with Crippen molar-refractivity contribution in [2.45, 2.75) is 18.8 Å². The molecule has 9 nitrogen and oxygen atoms in total. The van der Waals surface area contributed by atoms with Crippen LogP contribution >= 0.6 is 11.3 Å². The van der Waals surface area contributed by atoms with Crippen molar-refractivity contribution in [2.24, 2.45) is 0 Å². The van der Waals surface area contributed by atoms with Crippen molar-refractivity contribution in [3.8, 4) is 11.5 Å². The number of piperidine rings is 1. The van der Waals surface area contributed by atoms with Gasteiger partial charge in [-0.2, -0.15) is 0 Å². The van der Waals surface area contributed by atoms with E-state index in [2.05, 4.69) is 20.8 Å². The molecule has 0 bridgehead atoms. The molecule has 0 unspecified atom stereocenters. The van der Waals surface area contributed by atoms with Crippen molar-refractivity contribution < 1.29 is 19.1 Å². The number of hydrogen-bond acceptors (Lipinski definition) is 7. The highest BCUT2D eigenvalue weighted by molar-refractivity contribution is 7.13. The Kier molecular flexibility index (Phi) is 7.04. The van der Waals surface area contributed by atoms with Gasteiger partial charge in [-0.15, -0.1) is 10.2 Å². The van der Waals surface area contributed by atoms with Crippen LogP contribution in [0.15, 0.2) is 48.5 Å². The summed E-state index contributed by atoms with van der Waals surface area (Å²) in [5.41, 5.74) is 1.32. The molecule has 0 aliphatic carbocycles. The minimum Gasteiger partial charge on any atom is -0.493 e. The van der Waals surface area contributed by atoms with Crippen LogP contribution in [0.3, 0.4) is 0 Å². The Balaban J connectivity index is 1.38. The molecule has 1 aliphatic heterocycles. The Morgan fingerprint density at radius 3 is 2.55 bits per heavy atom. The molecular formula is C23H25N5O4S. The second-order valence-corrected chi connectivity index (χ2v) is 8.56. The van der Waals surface area contributed by atoms with Crippen LogP contribution in [0.2, 0.25) is 0 Å². The number of methoxy groups -OCH3 is 2. The average molecular weight is 468 g/mol. The highest BCUT2D eigenvalue weighted by atomic mass is 32.1. The number of amides is 3. The number of carbonyl (C=O) groups excluding carboxylic acids is 2. The molecule has 33 heavy (non-hydrogen) atoms. The zero-order chi connectivity index (χ0) is 23.2. The van der Waals surface area contributed by atoms with Gasteiger partial charge >= 0.3 is 6.03 Å². The van der Waals surface area contributed by atoms with Crippen LogP contribution in [0, 0.1) is 0 Å². The molecule has 4 rings (SSSR count). The second-order valence-electron chi connectivity index (χ2n) is 7.55. The van der Waals surface area contributed by atoms with Gasteiger partial charge in [0.15, 0.2) is 11.5 Å². The predicted molar refractivity (Wildman–Crippen MR) is 126 cm³/mol. The Bertz CT molecular complexity index is 1120. The first kappa shape index (κ1) is 22.5. The van der Waals surface area contributed by atoms with E-state index in [0.717, 1.165) is 17.8 Å². The number of para-hydroxylation sites is 1. The van der Waals surface area contributed by atoms with Gasteiger partial charge in [0, 0.05) is 36.4 Å². The first-order chi connectivity index (χ1) is 16.1. The highest BCUT2D eigenvalue weighted by Gasteiger charge is 2.28. The summed E-state index contributed by atoms with van der Waals surface area (Å²) < 4.78 is 10.5. The van der Waals surface area contributed by atoms with Gasteiger partial charge in [-0.05, 0) is 37.1 Å². The standard InChI is InChI=1S/C23H25N5O4S/c1-31-18-11-10-17(13-19(18)32-2)25-23(30)28-12-6-7-15(14-28)21-26-27-22(33-21)20(29)24-16-8-4-3-5-9-16/h3-5,8-11,13,15H,6-7,12,14H2,1-2H3,(H,24,29)(H,25,30)/t15-/m0/s1. The normalized spacial score (nSPS) is 15.6. The van der Waals surface area contributed by atoms with Crippen molar-refractivity contribution in [3.63, 3.8) is 0 Å². The van der Waals surface area contributed by atoms with Crippen LogP contribution < -0.4 is 20.1 Å². The number of aromatic nitrogens is 2. The quantitative estimate of drug-likeness (QED) is 0.562. The molecule has 1 aromatic heterocycles. The lowest BCUT2D eigenvalue weighted by Gasteiger charge is -2.31. The fourth-order valence-corrected chi connectivity index (χ4v) is 4.54. The van der Waals surface area contributed by atoms with E-state index in [-0.39, 0.29) is 17.9 Å². The summed E-state index contributed by atoms with van der Waals surface area (Å²) in [6.07, 6.45) is 1.73. The molecule has 3 aromatic rings. The van der Waals surface area contributed by atoms with Crippen LogP contribution in [0.1, 0.15) is 33.6 Å². The molecule has 0 spiro atoms. The maximum absolute atomic E-state index is 12.9. The fourth-order valence-electron chi connectivity index (χ4n) is 3.68. The van der Waals surface area contributed by atoms with Crippen LogP contribution in [0.25, 0.3) is 0 Å². The third kappa shape index (κ3) is 5.40. The van der Waals surface area contributed by atoms with Crippen molar-refractivity contribution >= 4 is 34.6 Å². The Labute approximate surface area is 195 Å². The van der Waals surface area contributed by atoms with Crippen molar-refractivity contribution in [1.82, 2.24) is 15.1 Å². The number of nitrogens with zero attached hydrogens (tertiary/aromatic N) is 3. The molecule has 1 aliphatic rings. The van der Waals surface area contributed by atoms with Gasteiger partial charge in [0.1, 0.15) is 5.01 Å². The van der Waals surface area contributed by atoms with Crippen LogP contribution in [0.5, 0.6) is 11.5 Å². The lowest BCUT2D eigenvalue weighted by Crippen LogP contribution is -2.41. The zero-order valence-corrected chi connectivity index (χ0v) is 19.2. The van der Waals surface area contributed by atoms with E-state index in [1.807, 2.05) is 30.3 Å². The molecule has 2 aromatic carbocycles. The molecule has 1 saturated heterocycles. The van der Waals surface area contributed by atoms with Gasteiger partial charge in [0.05, 0.1) is 14.2 Å². The minimum absolute atomic E-state index is 0.0330. The molecule has 2 heterocycles. The lowest BCUT2D eigenvalue weighted by atomic mass is 9.99. The maximum Gasteiger partial charge on any atom is 0.321 e.